The molecule has 6 rings (SSSR count). The van der Waals surface area contributed by atoms with Gasteiger partial charge in [0.05, 0.1) is 6.42 Å². The molecule has 0 heterocycles. The van der Waals surface area contributed by atoms with Gasteiger partial charge in [0.2, 0.25) is 11.8 Å². The topological polar surface area (TPSA) is 49.4 Å². The summed E-state index contributed by atoms with van der Waals surface area (Å²) in [5, 5.41) is 3.38. The highest BCUT2D eigenvalue weighted by Crippen LogP contribution is 2.49. The molecule has 2 fully saturated rings. The average Bonchev–Trinajstić information content (AvgIpc) is 3.75. The lowest BCUT2D eigenvalue weighted by Crippen LogP contribution is -2.63. The van der Waals surface area contributed by atoms with Crippen LogP contribution in [-0.4, -0.2) is 28.3 Å². The molecule has 3 aliphatic carbocycles. The quantitative estimate of drug-likeness (QED) is 0.391. The SMILES string of the molecule is Cc1cc(C)c(NC(=O)[C@@]2(N(C(=O)Cc3ccccc3)C3CC3)CC[C@@H]3Cc4ccccc4C[C@H]3C2)c(C)c1. The molecule has 0 bridgehead atoms. The van der Waals surface area contributed by atoms with E-state index in [-0.39, 0.29) is 17.9 Å². The van der Waals surface area contributed by atoms with Crippen LogP contribution in [0.15, 0.2) is 66.7 Å². The number of hydrogen-bond acceptors (Lipinski definition) is 2. The molecule has 2 amide bonds. The van der Waals surface area contributed by atoms with Crippen molar-refractivity contribution in [3.63, 3.8) is 0 Å². The highest BCUT2D eigenvalue weighted by molar-refractivity contribution is 6.02. The zero-order valence-electron chi connectivity index (χ0n) is 23.5. The Hall–Kier alpha value is -3.40. The summed E-state index contributed by atoms with van der Waals surface area (Å²) in [7, 11) is 0. The van der Waals surface area contributed by atoms with Gasteiger partial charge in [-0.05, 0) is 105 Å². The summed E-state index contributed by atoms with van der Waals surface area (Å²) in [5.74, 6) is 1.05. The van der Waals surface area contributed by atoms with Crippen LogP contribution in [-0.2, 0) is 28.9 Å². The number of amides is 2. The van der Waals surface area contributed by atoms with E-state index in [0.717, 1.165) is 67.3 Å². The molecule has 1 N–H and O–H groups in total. The van der Waals surface area contributed by atoms with E-state index in [2.05, 4.69) is 67.4 Å². The average molecular weight is 521 g/mol. The first-order valence-electron chi connectivity index (χ1n) is 14.7. The van der Waals surface area contributed by atoms with Crippen LogP contribution in [0.4, 0.5) is 5.69 Å². The van der Waals surface area contributed by atoms with E-state index < -0.39 is 5.54 Å². The molecule has 0 aliphatic heterocycles. The number of benzene rings is 3. The molecule has 2 saturated carbocycles. The number of nitrogens with one attached hydrogen (secondary N) is 1. The number of rotatable bonds is 6. The van der Waals surface area contributed by atoms with E-state index >= 15 is 0 Å². The Morgan fingerprint density at radius 2 is 1.46 bits per heavy atom. The largest absolute Gasteiger partial charge is 0.325 e. The van der Waals surface area contributed by atoms with Crippen LogP contribution in [0.25, 0.3) is 0 Å². The lowest BCUT2D eigenvalue weighted by Gasteiger charge is -2.51. The van der Waals surface area contributed by atoms with E-state index in [9.17, 15) is 9.59 Å². The van der Waals surface area contributed by atoms with Crippen LogP contribution in [0.5, 0.6) is 0 Å². The fourth-order valence-corrected chi connectivity index (χ4v) is 7.51. The normalized spacial score (nSPS) is 23.9. The highest BCUT2D eigenvalue weighted by Gasteiger charge is 2.55. The first-order valence-corrected chi connectivity index (χ1v) is 14.7. The van der Waals surface area contributed by atoms with Gasteiger partial charge >= 0.3 is 0 Å². The number of anilines is 1. The standard InChI is InChI=1S/C35H40N2O2/c1-23-17-24(2)33(25(3)18-23)36-34(39)35(37(31-13-14-31)32(38)19-26-9-5-4-6-10-26)16-15-29-20-27-11-7-8-12-28(27)21-30(29)22-35/h4-12,17-18,29-31H,13-16,19-22H2,1-3H3,(H,36,39)/t29-,30+,35-/m1/s1. The van der Waals surface area contributed by atoms with Crippen molar-refractivity contribution in [1.82, 2.24) is 4.90 Å². The Balaban J connectivity index is 1.37. The Morgan fingerprint density at radius 3 is 2.10 bits per heavy atom. The second kappa shape index (κ2) is 10.3. The number of nitrogens with zero attached hydrogens (tertiary/aromatic N) is 1. The molecule has 3 aliphatic rings. The maximum atomic E-state index is 14.6. The van der Waals surface area contributed by atoms with Crippen molar-refractivity contribution in [2.45, 2.75) is 83.7 Å². The number of hydrogen-bond donors (Lipinski definition) is 1. The van der Waals surface area contributed by atoms with E-state index in [0.29, 0.717) is 18.3 Å². The summed E-state index contributed by atoms with van der Waals surface area (Å²) in [5.41, 5.74) is 7.28. The van der Waals surface area contributed by atoms with Gasteiger partial charge in [0.25, 0.3) is 0 Å². The van der Waals surface area contributed by atoms with E-state index in [1.165, 1.54) is 16.7 Å². The molecule has 3 aromatic rings. The van der Waals surface area contributed by atoms with Crippen LogP contribution in [0, 0.1) is 32.6 Å². The monoisotopic (exact) mass is 520 g/mol. The van der Waals surface area contributed by atoms with Gasteiger partial charge in [-0.25, -0.2) is 0 Å². The summed E-state index contributed by atoms with van der Waals surface area (Å²) in [6.45, 7) is 6.22. The predicted molar refractivity (Wildman–Crippen MR) is 157 cm³/mol. The van der Waals surface area contributed by atoms with E-state index in [1.54, 1.807) is 0 Å². The minimum atomic E-state index is -0.829. The van der Waals surface area contributed by atoms with Crippen molar-refractivity contribution >= 4 is 17.5 Å². The van der Waals surface area contributed by atoms with Gasteiger partial charge in [-0.3, -0.25) is 9.59 Å². The van der Waals surface area contributed by atoms with Crippen LogP contribution < -0.4 is 5.32 Å². The molecular formula is C35H40N2O2. The molecule has 3 aromatic carbocycles. The molecule has 39 heavy (non-hydrogen) atoms. The van der Waals surface area contributed by atoms with Gasteiger partial charge in [0.1, 0.15) is 5.54 Å². The predicted octanol–water partition coefficient (Wildman–Crippen LogP) is 6.74. The molecule has 4 heteroatoms. The van der Waals surface area contributed by atoms with Crippen molar-refractivity contribution in [1.29, 1.82) is 0 Å². The molecule has 0 radical (unpaired) electrons. The Bertz CT molecular complexity index is 1370. The molecule has 3 atom stereocenters. The zero-order valence-corrected chi connectivity index (χ0v) is 23.5. The molecule has 4 nitrogen and oxygen atoms in total. The van der Waals surface area contributed by atoms with E-state index in [1.807, 2.05) is 30.3 Å². The molecule has 0 aromatic heterocycles. The highest BCUT2D eigenvalue weighted by atomic mass is 16.2. The summed E-state index contributed by atoms with van der Waals surface area (Å²) in [6.07, 6.45) is 6.80. The Labute approximate surface area is 232 Å². The lowest BCUT2D eigenvalue weighted by atomic mass is 9.62. The third-order valence-corrected chi connectivity index (χ3v) is 9.46. The van der Waals surface area contributed by atoms with E-state index in [4.69, 9.17) is 0 Å². The van der Waals surface area contributed by atoms with Gasteiger partial charge in [-0.1, -0.05) is 72.3 Å². The van der Waals surface area contributed by atoms with Crippen molar-refractivity contribution in [2.24, 2.45) is 11.8 Å². The number of aryl methyl sites for hydroxylation is 3. The third kappa shape index (κ3) is 5.02. The van der Waals surface area contributed by atoms with Gasteiger partial charge in [0, 0.05) is 11.7 Å². The second-order valence-electron chi connectivity index (χ2n) is 12.4. The number of fused-ring (bicyclic) bond motifs is 2. The molecule has 202 valence electrons. The lowest BCUT2D eigenvalue weighted by molar-refractivity contribution is -0.150. The minimum Gasteiger partial charge on any atom is -0.325 e. The first kappa shape index (κ1) is 25.9. The number of carbonyl (C=O) groups excluding carboxylic acids is 2. The van der Waals surface area contributed by atoms with Gasteiger partial charge in [-0.2, -0.15) is 0 Å². The summed E-state index contributed by atoms with van der Waals surface area (Å²) in [4.78, 5) is 30.8. The third-order valence-electron chi connectivity index (χ3n) is 9.46. The van der Waals surface area contributed by atoms with Gasteiger partial charge < -0.3 is 10.2 Å². The fraction of sp³-hybridized carbons (Fsp3) is 0.429. The van der Waals surface area contributed by atoms with Crippen molar-refractivity contribution in [3.8, 4) is 0 Å². The summed E-state index contributed by atoms with van der Waals surface area (Å²) < 4.78 is 0. The van der Waals surface area contributed by atoms with Gasteiger partial charge in [0.15, 0.2) is 0 Å². The molecule has 0 saturated heterocycles. The van der Waals surface area contributed by atoms with Crippen molar-refractivity contribution < 1.29 is 9.59 Å². The zero-order chi connectivity index (χ0) is 27.1. The summed E-state index contributed by atoms with van der Waals surface area (Å²) in [6, 6.07) is 23.2. The second-order valence-corrected chi connectivity index (χ2v) is 12.4. The maximum Gasteiger partial charge on any atom is 0.250 e. The molecule has 0 spiro atoms. The van der Waals surface area contributed by atoms with Crippen LogP contribution in [0.3, 0.4) is 0 Å². The maximum absolute atomic E-state index is 14.6. The number of carbonyl (C=O) groups is 2. The Morgan fingerprint density at radius 1 is 0.846 bits per heavy atom. The van der Waals surface area contributed by atoms with Crippen molar-refractivity contribution in [3.05, 3.63) is 100 Å². The fourth-order valence-electron chi connectivity index (χ4n) is 7.51. The minimum absolute atomic E-state index is 0.00294. The van der Waals surface area contributed by atoms with Crippen molar-refractivity contribution in [2.75, 3.05) is 5.32 Å². The smallest absolute Gasteiger partial charge is 0.250 e. The first-order chi connectivity index (χ1) is 18.8. The summed E-state index contributed by atoms with van der Waals surface area (Å²) >= 11 is 0. The van der Waals surface area contributed by atoms with Crippen LogP contribution >= 0.6 is 0 Å². The van der Waals surface area contributed by atoms with Crippen LogP contribution in [0.1, 0.15) is 65.5 Å². The Kier molecular flexibility index (Phi) is 6.82. The van der Waals surface area contributed by atoms with Gasteiger partial charge in [-0.15, -0.1) is 0 Å². The van der Waals surface area contributed by atoms with Crippen LogP contribution in [0.2, 0.25) is 0 Å². The molecule has 0 unspecified atom stereocenters. The molecular weight excluding hydrogens is 480 g/mol.